The molecule has 0 saturated carbocycles. The maximum Gasteiger partial charge on any atom is 0.318 e. The zero-order valence-corrected chi connectivity index (χ0v) is 16.3. The second-order valence-electron chi connectivity index (χ2n) is 7.81. The van der Waals surface area contributed by atoms with Crippen LogP contribution in [0, 0.1) is 6.92 Å². The molecule has 1 atom stereocenters. The average Bonchev–Trinajstić information content (AvgIpc) is 3.04. The number of benzene rings is 1. The number of aryl methyl sites for hydroxylation is 1. The molecular weight excluding hydrogens is 314 g/mol. The van der Waals surface area contributed by atoms with E-state index >= 15 is 0 Å². The van der Waals surface area contributed by atoms with Gasteiger partial charge in [0.25, 0.3) is 0 Å². The number of nitrogens with one attached hydrogen (secondary N) is 1. The van der Waals surface area contributed by atoms with Crippen LogP contribution < -0.4 is 5.32 Å². The van der Waals surface area contributed by atoms with E-state index in [1.807, 2.05) is 32.8 Å². The van der Waals surface area contributed by atoms with Crippen molar-refractivity contribution in [2.45, 2.75) is 45.3 Å². The Hall–Kier alpha value is -1.59. The molecule has 0 spiro atoms. The zero-order chi connectivity index (χ0) is 18.4. The average molecular weight is 348 g/mol. The summed E-state index contributed by atoms with van der Waals surface area (Å²) in [6.45, 7) is 9.16. The first-order valence-corrected chi connectivity index (χ1v) is 9.18. The minimum atomic E-state index is -0.419. The number of hydrogen-bond donors (Lipinski definition) is 1. The van der Waals surface area contributed by atoms with Gasteiger partial charge in [-0.3, -0.25) is 0 Å². The Kier molecular flexibility index (Phi) is 6.85. The molecule has 1 aliphatic rings. The quantitative estimate of drug-likeness (QED) is 0.825. The maximum atomic E-state index is 12.9. The van der Waals surface area contributed by atoms with Gasteiger partial charge in [-0.1, -0.05) is 29.8 Å². The van der Waals surface area contributed by atoms with Crippen LogP contribution >= 0.6 is 0 Å². The third-order valence-electron chi connectivity index (χ3n) is 4.75. The minimum absolute atomic E-state index is 0.0251. The van der Waals surface area contributed by atoms with Crippen molar-refractivity contribution in [2.75, 3.05) is 40.3 Å². The van der Waals surface area contributed by atoms with Gasteiger partial charge in [-0.2, -0.15) is 0 Å². The Morgan fingerprint density at radius 1 is 1.24 bits per heavy atom. The molecule has 1 fully saturated rings. The fourth-order valence-corrected chi connectivity index (χ4v) is 3.02. The molecule has 25 heavy (non-hydrogen) atoms. The Labute approximate surface area is 152 Å². The molecule has 2 amide bonds. The van der Waals surface area contributed by atoms with E-state index < -0.39 is 5.54 Å². The van der Waals surface area contributed by atoms with Gasteiger partial charge in [-0.05, 0) is 53.3 Å². The molecule has 1 aromatic rings. The Bertz CT molecular complexity index is 549. The van der Waals surface area contributed by atoms with Gasteiger partial charge in [0.05, 0.1) is 11.6 Å². The SMILES string of the molecule is Cc1ccc(C(C)(C)NC(=O)N(CCN(C)C)C[C@@H]2CCCO2)cc1. The molecule has 5 heteroatoms. The first-order chi connectivity index (χ1) is 11.8. The topological polar surface area (TPSA) is 44.8 Å². The van der Waals surface area contributed by atoms with Crippen LogP contribution in [0.4, 0.5) is 4.79 Å². The van der Waals surface area contributed by atoms with Crippen molar-refractivity contribution in [3.05, 3.63) is 35.4 Å². The highest BCUT2D eigenvalue weighted by molar-refractivity contribution is 5.75. The highest BCUT2D eigenvalue weighted by Gasteiger charge is 2.28. The summed E-state index contributed by atoms with van der Waals surface area (Å²) in [5.74, 6) is 0. The van der Waals surface area contributed by atoms with Crippen molar-refractivity contribution in [3.8, 4) is 0 Å². The van der Waals surface area contributed by atoms with E-state index in [4.69, 9.17) is 4.74 Å². The highest BCUT2D eigenvalue weighted by atomic mass is 16.5. The summed E-state index contributed by atoms with van der Waals surface area (Å²) in [5, 5.41) is 3.20. The molecule has 1 heterocycles. The van der Waals surface area contributed by atoms with Crippen molar-refractivity contribution in [3.63, 3.8) is 0 Å². The van der Waals surface area contributed by atoms with Crippen molar-refractivity contribution < 1.29 is 9.53 Å². The minimum Gasteiger partial charge on any atom is -0.376 e. The molecule has 2 rings (SSSR count). The molecule has 1 saturated heterocycles. The molecular formula is C20H33N3O2. The molecule has 0 unspecified atom stereocenters. The predicted molar refractivity (Wildman–Crippen MR) is 102 cm³/mol. The van der Waals surface area contributed by atoms with Crippen LogP contribution in [-0.2, 0) is 10.3 Å². The number of ether oxygens (including phenoxy) is 1. The van der Waals surface area contributed by atoms with E-state index in [0.29, 0.717) is 13.1 Å². The summed E-state index contributed by atoms with van der Waals surface area (Å²) in [6.07, 6.45) is 2.28. The highest BCUT2D eigenvalue weighted by Crippen LogP contribution is 2.21. The molecule has 0 aliphatic carbocycles. The van der Waals surface area contributed by atoms with Crippen molar-refractivity contribution in [1.29, 1.82) is 0 Å². The molecule has 5 nitrogen and oxygen atoms in total. The Morgan fingerprint density at radius 3 is 2.48 bits per heavy atom. The zero-order valence-electron chi connectivity index (χ0n) is 16.3. The van der Waals surface area contributed by atoms with Gasteiger partial charge in [-0.15, -0.1) is 0 Å². The lowest BCUT2D eigenvalue weighted by Crippen LogP contribution is -2.51. The Morgan fingerprint density at radius 2 is 1.92 bits per heavy atom. The summed E-state index contributed by atoms with van der Waals surface area (Å²) < 4.78 is 5.73. The van der Waals surface area contributed by atoms with Crippen LogP contribution in [0.2, 0.25) is 0 Å². The van der Waals surface area contributed by atoms with Crippen LogP contribution in [0.3, 0.4) is 0 Å². The molecule has 0 radical (unpaired) electrons. The lowest BCUT2D eigenvalue weighted by atomic mass is 9.93. The summed E-state index contributed by atoms with van der Waals surface area (Å²) in [4.78, 5) is 16.9. The van der Waals surface area contributed by atoms with Gasteiger partial charge < -0.3 is 19.9 Å². The number of carbonyl (C=O) groups excluding carboxylic acids is 1. The van der Waals surface area contributed by atoms with Gasteiger partial charge in [0.15, 0.2) is 0 Å². The number of hydrogen-bond acceptors (Lipinski definition) is 3. The normalized spacial score (nSPS) is 17.8. The molecule has 0 bridgehead atoms. The Balaban J connectivity index is 2.04. The van der Waals surface area contributed by atoms with E-state index in [1.165, 1.54) is 5.56 Å². The van der Waals surface area contributed by atoms with Gasteiger partial charge in [0.1, 0.15) is 0 Å². The largest absolute Gasteiger partial charge is 0.376 e. The summed E-state index contributed by atoms with van der Waals surface area (Å²) >= 11 is 0. The molecule has 140 valence electrons. The first kappa shape index (κ1) is 19.7. The smallest absolute Gasteiger partial charge is 0.318 e. The number of likely N-dealkylation sites (N-methyl/N-ethyl adjacent to an activating group) is 1. The van der Waals surface area contributed by atoms with E-state index in [9.17, 15) is 4.79 Å². The monoisotopic (exact) mass is 347 g/mol. The van der Waals surface area contributed by atoms with Crippen LogP contribution in [0.5, 0.6) is 0 Å². The van der Waals surface area contributed by atoms with Crippen LogP contribution in [-0.4, -0.2) is 62.3 Å². The van der Waals surface area contributed by atoms with Crippen molar-refractivity contribution in [1.82, 2.24) is 15.1 Å². The van der Waals surface area contributed by atoms with Gasteiger partial charge in [0, 0.05) is 26.2 Å². The standard InChI is InChI=1S/C20H33N3O2/c1-16-8-10-17(11-9-16)20(2,3)21-19(24)23(13-12-22(4)5)15-18-7-6-14-25-18/h8-11,18H,6-7,12-15H2,1-5H3,(H,21,24)/t18-/m0/s1. The molecule has 0 aromatic heterocycles. The van der Waals surface area contributed by atoms with Crippen molar-refractivity contribution >= 4 is 6.03 Å². The predicted octanol–water partition coefficient (Wildman–Crippen LogP) is 2.98. The van der Waals surface area contributed by atoms with Gasteiger partial charge in [0.2, 0.25) is 0 Å². The van der Waals surface area contributed by atoms with E-state index in [2.05, 4.69) is 41.4 Å². The summed E-state index contributed by atoms with van der Waals surface area (Å²) in [5.41, 5.74) is 1.91. The third kappa shape index (κ3) is 6.01. The fourth-order valence-electron chi connectivity index (χ4n) is 3.02. The molecule has 1 N–H and O–H groups in total. The van der Waals surface area contributed by atoms with Gasteiger partial charge in [-0.25, -0.2) is 4.79 Å². The van der Waals surface area contributed by atoms with Crippen LogP contribution in [0.25, 0.3) is 0 Å². The second-order valence-corrected chi connectivity index (χ2v) is 7.81. The number of carbonyl (C=O) groups is 1. The second kappa shape index (κ2) is 8.68. The molecule has 1 aromatic carbocycles. The summed E-state index contributed by atoms with van der Waals surface area (Å²) in [7, 11) is 4.05. The maximum absolute atomic E-state index is 12.9. The lowest BCUT2D eigenvalue weighted by Gasteiger charge is -2.33. The van der Waals surface area contributed by atoms with Gasteiger partial charge >= 0.3 is 6.03 Å². The number of nitrogens with zero attached hydrogens (tertiary/aromatic N) is 2. The number of rotatable bonds is 7. The van der Waals surface area contributed by atoms with Crippen LogP contribution in [0.1, 0.15) is 37.8 Å². The van der Waals surface area contributed by atoms with Crippen molar-refractivity contribution in [2.24, 2.45) is 0 Å². The fraction of sp³-hybridized carbons (Fsp3) is 0.650. The van der Waals surface area contributed by atoms with Crippen LogP contribution in [0.15, 0.2) is 24.3 Å². The third-order valence-corrected chi connectivity index (χ3v) is 4.75. The van der Waals surface area contributed by atoms with E-state index in [1.54, 1.807) is 0 Å². The van der Waals surface area contributed by atoms with E-state index in [0.717, 1.165) is 31.6 Å². The summed E-state index contributed by atoms with van der Waals surface area (Å²) in [6, 6.07) is 8.31. The lowest BCUT2D eigenvalue weighted by molar-refractivity contribution is 0.0780. The first-order valence-electron chi connectivity index (χ1n) is 9.18. The van der Waals surface area contributed by atoms with E-state index in [-0.39, 0.29) is 12.1 Å². The number of amides is 2. The molecule has 1 aliphatic heterocycles. The number of urea groups is 1.